The zero-order valence-corrected chi connectivity index (χ0v) is 34.4. The highest BCUT2D eigenvalue weighted by molar-refractivity contribution is 7.12. The molecule has 0 bridgehead atoms. The maximum absolute atomic E-state index is 14.6. The molecular weight excluding hydrogens is 723 g/mol. The average molecular weight is 782 g/mol. The number of aliphatic hydroxyl groups is 1. The number of carbonyl (C=O) groups is 2. The third-order valence-electron chi connectivity index (χ3n) is 15.0. The fourth-order valence-electron chi connectivity index (χ4n) is 12.4. The Kier molecular flexibility index (Phi) is 10.1. The number of hydrogen-bond donors (Lipinski definition) is 2. The predicted molar refractivity (Wildman–Crippen MR) is 217 cm³/mol. The van der Waals surface area contributed by atoms with Crippen LogP contribution in [0.4, 0.5) is 5.69 Å². The monoisotopic (exact) mass is 781 g/mol. The molecule has 5 fully saturated rings. The summed E-state index contributed by atoms with van der Waals surface area (Å²) in [6.45, 7) is 9.80. The highest BCUT2D eigenvalue weighted by Crippen LogP contribution is 2.70. The second kappa shape index (κ2) is 14.8. The van der Waals surface area contributed by atoms with E-state index >= 15 is 0 Å². The van der Waals surface area contributed by atoms with Crippen molar-refractivity contribution in [3.05, 3.63) is 74.7 Å². The maximum atomic E-state index is 14.6. The standard InChI is InChI=1S/C46H59N3O6S/c1-5-10-41(52)53-27-39(51)46-40(54-43(55-46)29-12-7-6-8-13-29)21-36-35-18-15-31-20-37-30(22-44(31,3)42(35)38(50)23-45(36,46)4)25-49(48-37)26-34-17-16-33(56-34)24-47-32-14-9-11-28(2)19-32/h9,11,14,16-17,19-20,25,29,35-36,38,40,42-43,47,50H,5-8,10,12-13,15,18,21-24,26-27H2,1-4H3/t35-,36-,38-,40+,42+,43?,44-,45-,46+/m0/s1. The molecule has 0 radical (unpaired) electrons. The van der Waals surface area contributed by atoms with Crippen molar-refractivity contribution in [2.24, 2.45) is 34.5 Å². The van der Waals surface area contributed by atoms with E-state index in [-0.39, 0.29) is 53.9 Å². The SMILES string of the molecule is CCCC(=O)OCC(=O)[C@@]12OC(C3CCCCC3)O[C@@H]1C[C@H]1[C@@H]3CCC4=Cc5nn(Cc6ccc(CNc7cccc(C)c7)s6)cc5C[C@]4(C)[C@H]3[C@@H](O)C[C@@]12C. The van der Waals surface area contributed by atoms with E-state index in [1.165, 1.54) is 32.9 Å². The number of ether oxygens (including phenoxy) is 3. The van der Waals surface area contributed by atoms with Crippen molar-refractivity contribution >= 4 is 34.9 Å². The number of aryl methyl sites for hydroxylation is 1. The first-order chi connectivity index (χ1) is 27.0. The van der Waals surface area contributed by atoms with Crippen LogP contribution in [0.3, 0.4) is 0 Å². The van der Waals surface area contributed by atoms with Crippen LogP contribution in [-0.4, -0.2) is 57.3 Å². The number of hydrogen-bond acceptors (Lipinski definition) is 9. The Morgan fingerprint density at radius 1 is 1.11 bits per heavy atom. The number of nitrogens with one attached hydrogen (secondary N) is 1. The molecule has 0 spiro atoms. The van der Waals surface area contributed by atoms with Crippen LogP contribution >= 0.6 is 11.3 Å². The first kappa shape index (κ1) is 38.2. The van der Waals surface area contributed by atoms with E-state index in [1.54, 1.807) is 0 Å². The summed E-state index contributed by atoms with van der Waals surface area (Å²) in [4.78, 5) is 29.7. The number of thiophene rings is 1. The zero-order chi connectivity index (χ0) is 38.8. The number of benzene rings is 1. The van der Waals surface area contributed by atoms with Crippen molar-refractivity contribution in [1.82, 2.24) is 9.78 Å². The molecule has 2 aromatic heterocycles. The van der Waals surface area contributed by atoms with Gasteiger partial charge in [-0.05, 0) is 123 Å². The minimum Gasteiger partial charge on any atom is -0.458 e. The van der Waals surface area contributed by atoms with Gasteiger partial charge in [-0.1, -0.05) is 57.7 Å². The number of carbonyl (C=O) groups excluding carboxylic acids is 2. The Morgan fingerprint density at radius 3 is 2.73 bits per heavy atom. The number of nitrogens with zero attached hydrogens (tertiary/aromatic N) is 2. The second-order valence-corrected chi connectivity index (χ2v) is 19.7. The summed E-state index contributed by atoms with van der Waals surface area (Å²) in [5.41, 5.74) is 3.95. The quantitative estimate of drug-likeness (QED) is 0.186. The number of rotatable bonds is 11. The van der Waals surface area contributed by atoms with E-state index in [1.807, 2.05) is 18.3 Å². The van der Waals surface area contributed by atoms with Gasteiger partial charge in [0.2, 0.25) is 5.78 Å². The molecule has 10 heteroatoms. The largest absolute Gasteiger partial charge is 0.458 e. The summed E-state index contributed by atoms with van der Waals surface area (Å²) in [7, 11) is 0. The van der Waals surface area contributed by atoms with Crippen molar-refractivity contribution in [2.45, 2.75) is 142 Å². The second-order valence-electron chi connectivity index (χ2n) is 18.4. The van der Waals surface area contributed by atoms with Crippen LogP contribution in [0, 0.1) is 41.4 Å². The van der Waals surface area contributed by atoms with E-state index in [2.05, 4.69) is 79.4 Å². The molecule has 4 saturated carbocycles. The molecule has 9 atom stereocenters. The molecule has 9 rings (SSSR count). The Hall–Kier alpha value is -3.31. The minimum absolute atomic E-state index is 0.0420. The molecule has 3 heterocycles. The molecule has 6 aliphatic rings. The fourth-order valence-corrected chi connectivity index (χ4v) is 13.4. The molecule has 2 N–H and O–H groups in total. The van der Waals surface area contributed by atoms with Gasteiger partial charge in [0.25, 0.3) is 0 Å². The van der Waals surface area contributed by atoms with Gasteiger partial charge >= 0.3 is 5.97 Å². The number of aromatic nitrogens is 2. The van der Waals surface area contributed by atoms with E-state index < -0.39 is 29.5 Å². The van der Waals surface area contributed by atoms with Crippen LogP contribution in [0.2, 0.25) is 0 Å². The van der Waals surface area contributed by atoms with Crippen molar-refractivity contribution < 1.29 is 28.9 Å². The van der Waals surface area contributed by atoms with E-state index in [9.17, 15) is 14.7 Å². The van der Waals surface area contributed by atoms with Gasteiger partial charge < -0.3 is 24.6 Å². The summed E-state index contributed by atoms with van der Waals surface area (Å²) in [5.74, 6) is 0.0921. The van der Waals surface area contributed by atoms with Crippen LogP contribution in [0.5, 0.6) is 0 Å². The van der Waals surface area contributed by atoms with Crippen molar-refractivity contribution in [3.8, 4) is 0 Å². The van der Waals surface area contributed by atoms with Gasteiger partial charge in [-0.25, -0.2) is 0 Å². The number of anilines is 1. The Bertz CT molecular complexity index is 2000. The highest BCUT2D eigenvalue weighted by Gasteiger charge is 2.76. The molecule has 3 aromatic rings. The molecule has 1 unspecified atom stereocenters. The Labute approximate surface area is 335 Å². The van der Waals surface area contributed by atoms with Crippen molar-refractivity contribution in [2.75, 3.05) is 11.9 Å². The molecular formula is C46H59N3O6S. The molecule has 1 aromatic carbocycles. The summed E-state index contributed by atoms with van der Waals surface area (Å²) >= 11 is 1.82. The first-order valence-corrected chi connectivity index (χ1v) is 22.2. The highest BCUT2D eigenvalue weighted by atomic mass is 32.1. The topological polar surface area (TPSA) is 112 Å². The van der Waals surface area contributed by atoms with Gasteiger partial charge in [-0.2, -0.15) is 5.10 Å². The third-order valence-corrected chi connectivity index (χ3v) is 16.0. The molecule has 9 nitrogen and oxygen atoms in total. The summed E-state index contributed by atoms with van der Waals surface area (Å²) in [6, 6.07) is 12.9. The number of Topliss-reactive ketones (excluding diaryl/α,β-unsaturated/α-hetero) is 1. The molecule has 5 aliphatic carbocycles. The summed E-state index contributed by atoms with van der Waals surface area (Å²) in [5, 5.41) is 21.1. The molecule has 300 valence electrons. The van der Waals surface area contributed by atoms with E-state index in [0.717, 1.165) is 75.8 Å². The number of fused-ring (bicyclic) bond motifs is 8. The molecule has 1 saturated heterocycles. The van der Waals surface area contributed by atoms with Crippen LogP contribution in [0.1, 0.15) is 118 Å². The minimum atomic E-state index is -1.24. The summed E-state index contributed by atoms with van der Waals surface area (Å²) in [6.07, 6.45) is 13.5. The Morgan fingerprint density at radius 2 is 1.93 bits per heavy atom. The molecule has 0 amide bonds. The summed E-state index contributed by atoms with van der Waals surface area (Å²) < 4.78 is 21.6. The normalized spacial score (nSPS) is 34.8. The van der Waals surface area contributed by atoms with E-state index in [4.69, 9.17) is 19.3 Å². The van der Waals surface area contributed by atoms with Crippen LogP contribution < -0.4 is 5.32 Å². The van der Waals surface area contributed by atoms with Crippen LogP contribution in [0.25, 0.3) is 6.08 Å². The van der Waals surface area contributed by atoms with E-state index in [0.29, 0.717) is 12.8 Å². The number of esters is 1. The van der Waals surface area contributed by atoms with Crippen molar-refractivity contribution in [1.29, 1.82) is 0 Å². The lowest BCUT2D eigenvalue weighted by molar-refractivity contribution is -0.212. The fraction of sp³-hybridized carbons (Fsp3) is 0.630. The number of aliphatic hydroxyl groups excluding tert-OH is 1. The van der Waals surface area contributed by atoms with Crippen LogP contribution in [0.15, 0.2) is 48.2 Å². The average Bonchev–Trinajstić information content (AvgIpc) is 3.94. The third kappa shape index (κ3) is 6.41. The lowest BCUT2D eigenvalue weighted by Crippen LogP contribution is -2.64. The van der Waals surface area contributed by atoms with Crippen molar-refractivity contribution in [3.63, 3.8) is 0 Å². The van der Waals surface area contributed by atoms with Gasteiger partial charge in [0, 0.05) is 45.9 Å². The maximum Gasteiger partial charge on any atom is 0.306 e. The van der Waals surface area contributed by atoms with Gasteiger partial charge in [-0.3, -0.25) is 14.3 Å². The van der Waals surface area contributed by atoms with Gasteiger partial charge in [0.05, 0.1) is 24.4 Å². The molecule has 1 aliphatic heterocycles. The van der Waals surface area contributed by atoms with Gasteiger partial charge in [0.15, 0.2) is 18.5 Å². The predicted octanol–water partition coefficient (Wildman–Crippen LogP) is 8.65. The first-order valence-electron chi connectivity index (χ1n) is 21.4. The number of allylic oxidation sites excluding steroid dienone is 1. The smallest absolute Gasteiger partial charge is 0.306 e. The molecule has 56 heavy (non-hydrogen) atoms. The van der Waals surface area contributed by atoms with Gasteiger partial charge in [0.1, 0.15) is 0 Å². The number of ketones is 1. The van der Waals surface area contributed by atoms with Crippen LogP contribution in [-0.2, 0) is 43.3 Å². The lowest BCUT2D eigenvalue weighted by Gasteiger charge is -2.60. The van der Waals surface area contributed by atoms with Gasteiger partial charge in [-0.15, -0.1) is 11.3 Å². The zero-order valence-electron chi connectivity index (χ0n) is 33.6. The Balaban J connectivity index is 0.936. The lowest BCUT2D eigenvalue weighted by atomic mass is 9.45.